The summed E-state index contributed by atoms with van der Waals surface area (Å²) < 4.78 is 49.6. The van der Waals surface area contributed by atoms with Gasteiger partial charge in [0.15, 0.2) is 5.78 Å². The van der Waals surface area contributed by atoms with E-state index in [4.69, 9.17) is 11.6 Å². The number of carbonyl (C=O) groups excluding carboxylic acids is 2. The van der Waals surface area contributed by atoms with E-state index in [9.17, 15) is 27.2 Å². The summed E-state index contributed by atoms with van der Waals surface area (Å²) in [5.74, 6) is -8.17. The van der Waals surface area contributed by atoms with E-state index in [2.05, 4.69) is 0 Å². The summed E-state index contributed by atoms with van der Waals surface area (Å²) in [4.78, 5) is 22.8. The highest BCUT2D eigenvalue weighted by molar-refractivity contribution is 6.29. The van der Waals surface area contributed by atoms with Gasteiger partial charge in [-0.3, -0.25) is 9.59 Å². The molecule has 0 heterocycles. The van der Waals surface area contributed by atoms with Gasteiger partial charge in [0.05, 0.1) is 11.4 Å². The summed E-state index contributed by atoms with van der Waals surface area (Å²) in [5.41, 5.74) is -1.67. The highest BCUT2D eigenvalue weighted by atomic mass is 35.5. The van der Waals surface area contributed by atoms with Crippen LogP contribution in [0.15, 0.2) is 0 Å². The number of alkyl halides is 5. The van der Waals surface area contributed by atoms with Crippen LogP contribution in [0.4, 0.5) is 17.6 Å². The van der Waals surface area contributed by atoms with E-state index in [0.717, 1.165) is 20.9 Å². The van der Waals surface area contributed by atoms with Gasteiger partial charge in [-0.15, -0.1) is 11.6 Å². The van der Waals surface area contributed by atoms with Crippen LogP contribution in [-0.2, 0) is 9.59 Å². The maximum Gasteiger partial charge on any atom is 0.383 e. The lowest BCUT2D eigenvalue weighted by Crippen LogP contribution is -2.57. The van der Waals surface area contributed by atoms with Crippen molar-refractivity contribution < 1.29 is 27.2 Å². The number of Topliss-reactive ketones (excluding diaryl/α,β-unsaturated/α-hetero) is 1. The van der Waals surface area contributed by atoms with Gasteiger partial charge < -0.3 is 4.90 Å². The lowest BCUT2D eigenvalue weighted by atomic mass is 9.97. The normalized spacial score (nSPS) is 12.8. The monoisotopic (exact) mass is 277 g/mol. The molecule has 0 rings (SSSR count). The second-order valence-electron chi connectivity index (χ2n) is 3.90. The number of likely N-dealkylation sites (N-methyl/N-ethyl adjacent to an activating group) is 1. The minimum atomic E-state index is -4.82. The van der Waals surface area contributed by atoms with Gasteiger partial charge in [0.25, 0.3) is 5.91 Å². The zero-order chi connectivity index (χ0) is 14.0. The van der Waals surface area contributed by atoms with E-state index >= 15 is 0 Å². The molecule has 0 fully saturated rings. The Morgan fingerprint density at radius 2 is 1.71 bits per heavy atom. The lowest BCUT2D eigenvalue weighted by molar-refractivity contribution is -0.184. The number of amides is 1. The van der Waals surface area contributed by atoms with Crippen molar-refractivity contribution in [3.8, 4) is 0 Å². The molecular weight excluding hydrogens is 266 g/mol. The van der Waals surface area contributed by atoms with Gasteiger partial charge in [0, 0.05) is 7.05 Å². The van der Waals surface area contributed by atoms with E-state index < -0.39 is 35.5 Å². The van der Waals surface area contributed by atoms with Crippen molar-refractivity contribution in [1.82, 2.24) is 4.90 Å². The first-order valence-electron chi connectivity index (χ1n) is 4.53. The molecule has 0 aromatic heterocycles. The summed E-state index contributed by atoms with van der Waals surface area (Å²) in [6, 6.07) is 0. The first-order chi connectivity index (χ1) is 7.49. The van der Waals surface area contributed by atoms with Gasteiger partial charge in [-0.05, 0) is 13.8 Å². The fraction of sp³-hybridized carbons (Fsp3) is 0.778. The Bertz CT molecular complexity index is 320. The number of ketones is 1. The largest absolute Gasteiger partial charge is 0.383 e. The third-order valence-corrected chi connectivity index (χ3v) is 2.75. The lowest BCUT2D eigenvalue weighted by Gasteiger charge is -2.35. The predicted molar refractivity (Wildman–Crippen MR) is 53.5 cm³/mol. The predicted octanol–water partition coefficient (Wildman–Crippen LogP) is 1.93. The summed E-state index contributed by atoms with van der Waals surface area (Å²) in [6.07, 6.45) is -4.13. The van der Waals surface area contributed by atoms with E-state index in [0.29, 0.717) is 0 Å². The fourth-order valence-electron chi connectivity index (χ4n) is 0.921. The van der Waals surface area contributed by atoms with Crippen LogP contribution < -0.4 is 0 Å². The van der Waals surface area contributed by atoms with Crippen molar-refractivity contribution >= 4 is 23.3 Å². The van der Waals surface area contributed by atoms with Crippen molar-refractivity contribution in [2.24, 2.45) is 0 Å². The summed E-state index contributed by atoms with van der Waals surface area (Å²) in [6.45, 7) is 2.30. The third kappa shape index (κ3) is 3.08. The second kappa shape index (κ2) is 5.20. The van der Waals surface area contributed by atoms with Crippen LogP contribution >= 0.6 is 11.6 Å². The standard InChI is InChI=1S/C9H12ClF4NO2/c1-8(2,5(16)4-10)15(3)7(17)9(13,14)6(11)12/h6H,4H2,1-3H3. The van der Waals surface area contributed by atoms with Gasteiger partial charge in [-0.2, -0.15) is 8.78 Å². The molecule has 0 aliphatic heterocycles. The number of nitrogens with zero attached hydrogens (tertiary/aromatic N) is 1. The smallest absolute Gasteiger partial charge is 0.328 e. The Morgan fingerprint density at radius 1 is 1.29 bits per heavy atom. The average molecular weight is 278 g/mol. The fourth-order valence-corrected chi connectivity index (χ4v) is 1.25. The number of hydrogen-bond acceptors (Lipinski definition) is 2. The van der Waals surface area contributed by atoms with Crippen molar-refractivity contribution in [3.05, 3.63) is 0 Å². The average Bonchev–Trinajstić information content (AvgIpc) is 2.25. The molecule has 0 N–H and O–H groups in total. The number of carbonyl (C=O) groups is 2. The molecule has 0 aliphatic carbocycles. The zero-order valence-corrected chi connectivity index (χ0v) is 10.2. The van der Waals surface area contributed by atoms with Crippen LogP contribution in [0, 0.1) is 0 Å². The van der Waals surface area contributed by atoms with E-state index in [1.165, 1.54) is 0 Å². The van der Waals surface area contributed by atoms with Crippen LogP contribution in [0.5, 0.6) is 0 Å². The molecule has 0 aliphatic rings. The van der Waals surface area contributed by atoms with E-state index in [-0.39, 0.29) is 4.90 Å². The molecule has 0 bridgehead atoms. The Labute approximate surface area is 101 Å². The Hall–Kier alpha value is -0.850. The van der Waals surface area contributed by atoms with Gasteiger partial charge in [0.1, 0.15) is 0 Å². The van der Waals surface area contributed by atoms with Crippen LogP contribution in [-0.4, -0.2) is 47.4 Å². The van der Waals surface area contributed by atoms with E-state index in [1.54, 1.807) is 0 Å². The van der Waals surface area contributed by atoms with Crippen molar-refractivity contribution in [1.29, 1.82) is 0 Å². The zero-order valence-electron chi connectivity index (χ0n) is 9.44. The van der Waals surface area contributed by atoms with Crippen LogP contribution in [0.25, 0.3) is 0 Å². The summed E-state index contributed by atoms with van der Waals surface area (Å²) >= 11 is 5.24. The number of rotatable bonds is 5. The molecule has 1 amide bonds. The molecule has 3 nitrogen and oxygen atoms in total. The van der Waals surface area contributed by atoms with Crippen molar-refractivity contribution in [2.45, 2.75) is 31.7 Å². The van der Waals surface area contributed by atoms with Crippen LogP contribution in [0.3, 0.4) is 0 Å². The minimum absolute atomic E-state index is 0.282. The molecular formula is C9H12ClF4NO2. The van der Waals surface area contributed by atoms with Crippen LogP contribution in [0.2, 0.25) is 0 Å². The van der Waals surface area contributed by atoms with Crippen molar-refractivity contribution in [2.75, 3.05) is 12.9 Å². The van der Waals surface area contributed by atoms with Gasteiger partial charge in [-0.25, -0.2) is 8.78 Å². The molecule has 0 saturated carbocycles. The molecule has 100 valence electrons. The topological polar surface area (TPSA) is 37.4 Å². The summed E-state index contributed by atoms with van der Waals surface area (Å²) in [5, 5.41) is 0. The molecule has 0 saturated heterocycles. The van der Waals surface area contributed by atoms with Crippen LogP contribution in [0.1, 0.15) is 13.8 Å². The molecule has 0 radical (unpaired) electrons. The molecule has 8 heteroatoms. The summed E-state index contributed by atoms with van der Waals surface area (Å²) in [7, 11) is 0.850. The van der Waals surface area contributed by atoms with Crippen molar-refractivity contribution in [3.63, 3.8) is 0 Å². The number of halogens is 5. The SMILES string of the molecule is CN(C(=O)C(F)(F)C(F)F)C(C)(C)C(=O)CCl. The van der Waals surface area contributed by atoms with E-state index in [1.807, 2.05) is 0 Å². The Kier molecular flexibility index (Phi) is 4.94. The Balaban J connectivity index is 5.13. The molecule has 0 spiro atoms. The second-order valence-corrected chi connectivity index (χ2v) is 4.17. The maximum atomic E-state index is 12.8. The molecule has 0 aromatic carbocycles. The quantitative estimate of drug-likeness (QED) is 0.569. The third-order valence-electron chi connectivity index (χ3n) is 2.51. The first kappa shape index (κ1) is 16.1. The molecule has 0 unspecified atom stereocenters. The highest BCUT2D eigenvalue weighted by Crippen LogP contribution is 2.28. The van der Waals surface area contributed by atoms with Gasteiger partial charge in [0.2, 0.25) is 0 Å². The van der Waals surface area contributed by atoms with Gasteiger partial charge >= 0.3 is 12.3 Å². The van der Waals surface area contributed by atoms with Gasteiger partial charge in [-0.1, -0.05) is 0 Å². The minimum Gasteiger partial charge on any atom is -0.328 e. The number of hydrogen-bond donors (Lipinski definition) is 0. The molecule has 0 aromatic rings. The highest BCUT2D eigenvalue weighted by Gasteiger charge is 2.53. The first-order valence-corrected chi connectivity index (χ1v) is 5.06. The molecule has 17 heavy (non-hydrogen) atoms. The molecule has 0 atom stereocenters. The Morgan fingerprint density at radius 3 is 2.00 bits per heavy atom. The maximum absolute atomic E-state index is 12.8.